The second-order valence-corrected chi connectivity index (χ2v) is 6.13. The average molecular weight is 344 g/mol. The Morgan fingerprint density at radius 2 is 2.08 bits per heavy atom. The van der Waals surface area contributed by atoms with E-state index in [2.05, 4.69) is 4.98 Å². The number of rotatable bonds is 5. The number of thiazole rings is 1. The second-order valence-electron chi connectivity index (χ2n) is 5.30. The van der Waals surface area contributed by atoms with Gasteiger partial charge in [-0.25, -0.2) is 9.78 Å². The van der Waals surface area contributed by atoms with Gasteiger partial charge in [0.25, 0.3) is 5.56 Å². The molecular formula is C17H16N2O4S. The van der Waals surface area contributed by atoms with Crippen LogP contribution in [0.3, 0.4) is 0 Å². The maximum atomic E-state index is 12.0. The van der Waals surface area contributed by atoms with E-state index in [-0.39, 0.29) is 18.8 Å². The number of carbonyl (C=O) groups excluding carboxylic acids is 1. The van der Waals surface area contributed by atoms with Crippen LogP contribution in [0, 0.1) is 13.8 Å². The number of hydrogen-bond donors (Lipinski definition) is 0. The minimum atomic E-state index is -0.511. The number of aromatic nitrogens is 2. The fraction of sp³-hybridized carbons (Fsp3) is 0.235. The number of esters is 1. The standard InChI is InChI=1S/C17H16N2O4S/c1-11-5-3-4-6-14(11)22-9-16(21)23-8-13-7-15(20)19-12(2)10-24-17(19)18-13/h3-7,10H,8-9H2,1-2H3. The van der Waals surface area contributed by atoms with Crippen molar-refractivity contribution >= 4 is 22.3 Å². The molecule has 0 bridgehead atoms. The Hall–Kier alpha value is -2.67. The van der Waals surface area contributed by atoms with E-state index < -0.39 is 5.97 Å². The van der Waals surface area contributed by atoms with E-state index in [0.717, 1.165) is 11.3 Å². The van der Waals surface area contributed by atoms with Gasteiger partial charge in [0.15, 0.2) is 11.6 Å². The highest BCUT2D eigenvalue weighted by atomic mass is 32.1. The van der Waals surface area contributed by atoms with Gasteiger partial charge in [0.1, 0.15) is 12.4 Å². The molecule has 0 aliphatic rings. The van der Waals surface area contributed by atoms with E-state index in [1.807, 2.05) is 37.4 Å². The van der Waals surface area contributed by atoms with Crippen molar-refractivity contribution in [3.8, 4) is 5.75 Å². The van der Waals surface area contributed by atoms with E-state index in [1.54, 1.807) is 6.07 Å². The molecule has 2 heterocycles. The lowest BCUT2D eigenvalue weighted by Crippen LogP contribution is -2.18. The summed E-state index contributed by atoms with van der Waals surface area (Å²) in [6.07, 6.45) is 0. The van der Waals surface area contributed by atoms with Gasteiger partial charge in [-0.3, -0.25) is 9.20 Å². The lowest BCUT2D eigenvalue weighted by atomic mass is 10.2. The average Bonchev–Trinajstić information content (AvgIpc) is 2.94. The zero-order chi connectivity index (χ0) is 17.1. The molecule has 0 saturated heterocycles. The van der Waals surface area contributed by atoms with Gasteiger partial charge in [0.05, 0.1) is 5.69 Å². The van der Waals surface area contributed by atoms with Crippen molar-refractivity contribution in [1.82, 2.24) is 9.38 Å². The van der Waals surface area contributed by atoms with Gasteiger partial charge in [-0.1, -0.05) is 18.2 Å². The van der Waals surface area contributed by atoms with E-state index in [9.17, 15) is 9.59 Å². The van der Waals surface area contributed by atoms with Crippen LogP contribution >= 0.6 is 11.3 Å². The highest BCUT2D eigenvalue weighted by Gasteiger charge is 2.10. The van der Waals surface area contributed by atoms with Crippen LogP contribution < -0.4 is 10.3 Å². The number of benzene rings is 1. The van der Waals surface area contributed by atoms with Crippen LogP contribution in [0.2, 0.25) is 0 Å². The maximum Gasteiger partial charge on any atom is 0.344 e. The van der Waals surface area contributed by atoms with Gasteiger partial charge >= 0.3 is 5.97 Å². The van der Waals surface area contributed by atoms with E-state index in [4.69, 9.17) is 9.47 Å². The first-order chi connectivity index (χ1) is 11.5. The molecule has 6 nitrogen and oxygen atoms in total. The number of ether oxygens (including phenoxy) is 2. The summed E-state index contributed by atoms with van der Waals surface area (Å²) in [6.45, 7) is 3.49. The number of nitrogens with zero attached hydrogens (tertiary/aromatic N) is 2. The second kappa shape index (κ2) is 6.84. The molecule has 0 atom stereocenters. The summed E-state index contributed by atoms with van der Waals surface area (Å²) in [5.74, 6) is 0.129. The van der Waals surface area contributed by atoms with Crippen LogP contribution in [0.15, 0.2) is 40.5 Å². The molecule has 0 radical (unpaired) electrons. The maximum absolute atomic E-state index is 12.0. The highest BCUT2D eigenvalue weighted by molar-refractivity contribution is 7.15. The summed E-state index contributed by atoms with van der Waals surface area (Å²) >= 11 is 1.37. The summed E-state index contributed by atoms with van der Waals surface area (Å²) < 4.78 is 12.1. The van der Waals surface area contributed by atoms with Gasteiger partial charge in [0.2, 0.25) is 0 Å². The topological polar surface area (TPSA) is 69.9 Å². The Morgan fingerprint density at radius 1 is 1.29 bits per heavy atom. The highest BCUT2D eigenvalue weighted by Crippen LogP contribution is 2.16. The van der Waals surface area contributed by atoms with Crippen LogP contribution in [-0.4, -0.2) is 22.0 Å². The summed E-state index contributed by atoms with van der Waals surface area (Å²) in [4.78, 5) is 28.7. The molecule has 3 rings (SSSR count). The SMILES string of the molecule is Cc1ccccc1OCC(=O)OCc1cc(=O)n2c(C)csc2n1. The van der Waals surface area contributed by atoms with Gasteiger partial charge in [-0.15, -0.1) is 11.3 Å². The van der Waals surface area contributed by atoms with Crippen molar-refractivity contribution in [1.29, 1.82) is 0 Å². The Kier molecular flexibility index (Phi) is 4.61. The quantitative estimate of drug-likeness (QED) is 0.665. The smallest absolute Gasteiger partial charge is 0.344 e. The monoisotopic (exact) mass is 344 g/mol. The minimum Gasteiger partial charge on any atom is -0.482 e. The summed E-state index contributed by atoms with van der Waals surface area (Å²) in [5, 5.41) is 1.86. The Balaban J connectivity index is 1.60. The summed E-state index contributed by atoms with van der Waals surface area (Å²) in [7, 11) is 0. The van der Waals surface area contributed by atoms with Crippen LogP contribution in [-0.2, 0) is 16.1 Å². The van der Waals surface area contributed by atoms with Gasteiger partial charge < -0.3 is 9.47 Å². The molecule has 0 fully saturated rings. The normalized spacial score (nSPS) is 10.8. The molecule has 0 aliphatic carbocycles. The van der Waals surface area contributed by atoms with Crippen LogP contribution in [0.4, 0.5) is 0 Å². The fourth-order valence-electron chi connectivity index (χ4n) is 2.23. The van der Waals surface area contributed by atoms with Crippen LogP contribution in [0.25, 0.3) is 4.96 Å². The molecule has 7 heteroatoms. The number of para-hydroxylation sites is 1. The molecule has 3 aromatic rings. The number of aryl methyl sites for hydroxylation is 2. The lowest BCUT2D eigenvalue weighted by Gasteiger charge is -2.08. The Labute approximate surface area is 142 Å². The first-order valence-corrected chi connectivity index (χ1v) is 8.23. The van der Waals surface area contributed by atoms with Crippen molar-refractivity contribution in [3.63, 3.8) is 0 Å². The predicted molar refractivity (Wildman–Crippen MR) is 90.5 cm³/mol. The molecule has 0 saturated carbocycles. The fourth-order valence-corrected chi connectivity index (χ4v) is 3.12. The van der Waals surface area contributed by atoms with Gasteiger partial charge in [-0.05, 0) is 25.5 Å². The molecule has 124 valence electrons. The van der Waals surface area contributed by atoms with Crippen molar-refractivity contribution < 1.29 is 14.3 Å². The third kappa shape index (κ3) is 3.46. The van der Waals surface area contributed by atoms with Crippen molar-refractivity contribution in [2.75, 3.05) is 6.61 Å². The Morgan fingerprint density at radius 3 is 2.88 bits per heavy atom. The first kappa shape index (κ1) is 16.2. The van der Waals surface area contributed by atoms with Crippen molar-refractivity contribution in [2.24, 2.45) is 0 Å². The summed E-state index contributed by atoms with van der Waals surface area (Å²) in [5.41, 5.74) is 2.02. The molecule has 24 heavy (non-hydrogen) atoms. The third-order valence-electron chi connectivity index (χ3n) is 3.45. The first-order valence-electron chi connectivity index (χ1n) is 7.35. The predicted octanol–water partition coefficient (Wildman–Crippen LogP) is 2.50. The molecule has 0 spiro atoms. The van der Waals surface area contributed by atoms with E-state index in [0.29, 0.717) is 16.4 Å². The minimum absolute atomic E-state index is 0.0569. The van der Waals surface area contributed by atoms with Crippen LogP contribution in [0.1, 0.15) is 17.0 Å². The Bertz CT molecular complexity index is 945. The molecular weight excluding hydrogens is 328 g/mol. The summed E-state index contributed by atoms with van der Waals surface area (Å²) in [6, 6.07) is 8.80. The zero-order valence-electron chi connectivity index (χ0n) is 13.3. The molecule has 0 aliphatic heterocycles. The molecule has 0 unspecified atom stereocenters. The zero-order valence-corrected chi connectivity index (χ0v) is 14.1. The molecule has 0 N–H and O–H groups in total. The van der Waals surface area contributed by atoms with Crippen LogP contribution in [0.5, 0.6) is 5.75 Å². The van der Waals surface area contributed by atoms with Gasteiger partial charge in [0, 0.05) is 17.1 Å². The van der Waals surface area contributed by atoms with E-state index >= 15 is 0 Å². The van der Waals surface area contributed by atoms with Crippen molar-refractivity contribution in [2.45, 2.75) is 20.5 Å². The number of hydrogen-bond acceptors (Lipinski definition) is 6. The van der Waals surface area contributed by atoms with Crippen molar-refractivity contribution in [3.05, 3.63) is 63.0 Å². The van der Waals surface area contributed by atoms with E-state index in [1.165, 1.54) is 21.8 Å². The van der Waals surface area contributed by atoms with Gasteiger partial charge in [-0.2, -0.15) is 0 Å². The number of fused-ring (bicyclic) bond motifs is 1. The molecule has 2 aromatic heterocycles. The molecule has 1 aromatic carbocycles. The largest absolute Gasteiger partial charge is 0.482 e. The third-order valence-corrected chi connectivity index (χ3v) is 4.39. The number of carbonyl (C=O) groups is 1. The lowest BCUT2D eigenvalue weighted by molar-refractivity contribution is -0.147. The molecule has 0 amide bonds.